The van der Waals surface area contributed by atoms with Crippen molar-refractivity contribution in [3.05, 3.63) is 0 Å². The van der Waals surface area contributed by atoms with Crippen LogP contribution in [0.4, 0.5) is 0 Å². The minimum absolute atomic E-state index is 0.894. The highest BCUT2D eigenvalue weighted by Gasteiger charge is 2.61. The molecule has 0 atom stereocenters. The lowest BCUT2D eigenvalue weighted by atomic mass is 11.2. The van der Waals surface area contributed by atoms with E-state index in [9.17, 15) is 0 Å². The first-order chi connectivity index (χ1) is 10.2. The van der Waals surface area contributed by atoms with Crippen LogP contribution in [0.25, 0.3) is 0 Å². The summed E-state index contributed by atoms with van der Waals surface area (Å²) in [4.78, 5) is 0. The van der Waals surface area contributed by atoms with Gasteiger partial charge in [-0.2, -0.15) is 0 Å². The fourth-order valence-corrected chi connectivity index (χ4v) is 23.3. The van der Waals surface area contributed by atoms with Crippen LogP contribution in [0.15, 0.2) is 0 Å². The zero-order chi connectivity index (χ0) is 19.2. The van der Waals surface area contributed by atoms with Gasteiger partial charge < -0.3 is 22.9 Å². The van der Waals surface area contributed by atoms with Crippen molar-refractivity contribution in [2.45, 2.75) is 0 Å². The average molecular weight is 433 g/mol. The maximum Gasteiger partial charge on any atom is 0.729 e. The Morgan fingerprint density at radius 2 is 0.333 bits per heavy atom. The molecule has 6 nitrogen and oxygen atoms in total. The van der Waals surface area contributed by atoms with E-state index in [2.05, 4.69) is 84.6 Å². The molecular weight excluding hydrogens is 397 g/mol. The van der Waals surface area contributed by atoms with Crippen LogP contribution in [0, 0.1) is 0 Å². The van der Waals surface area contributed by atoms with Gasteiger partial charge in [0.15, 0.2) is 0 Å². The van der Waals surface area contributed by atoms with Gasteiger partial charge in [-0.3, -0.25) is 0 Å². The number of quaternary nitrogens is 6. The van der Waals surface area contributed by atoms with Gasteiger partial charge in [-0.25, -0.2) is 0 Å². The highest BCUT2D eigenvalue weighted by atomic mass is 28.4. The van der Waals surface area contributed by atoms with Crippen LogP contribution in [-0.2, 0) is 0 Å². The second kappa shape index (κ2) is 6.90. The minimum Gasteiger partial charge on any atom is -0.332 e. The molecule has 1 aliphatic heterocycles. The lowest BCUT2D eigenvalue weighted by molar-refractivity contribution is -0.890. The third-order valence-electron chi connectivity index (χ3n) is 3.00. The Labute approximate surface area is 166 Å². The fourth-order valence-electron chi connectivity index (χ4n) is 3.88. The highest BCUT2D eigenvalue weighted by molar-refractivity contribution is 6.47. The summed E-state index contributed by atoms with van der Waals surface area (Å²) in [6.45, 7) is 0. The summed E-state index contributed by atoms with van der Waals surface area (Å²) < 4.78 is 6.78. The van der Waals surface area contributed by atoms with Gasteiger partial charge in [0, 0.05) is 84.6 Å². The summed E-state index contributed by atoms with van der Waals surface area (Å²) in [5.74, 6) is 0. The van der Waals surface area contributed by atoms with Gasteiger partial charge in [0.25, 0.3) is 0 Å². The molecule has 1 rings (SSSR count). The van der Waals surface area contributed by atoms with Gasteiger partial charge in [-0.1, -0.05) is 0 Å². The molecule has 0 aromatic rings. The minimum atomic E-state index is 0.894. The van der Waals surface area contributed by atoms with Crippen molar-refractivity contribution >= 4 is 59.1 Å². The molecule has 0 unspecified atom stereocenters. The monoisotopic (exact) mass is 432 g/mol. The largest absolute Gasteiger partial charge is 0.729 e. The van der Waals surface area contributed by atoms with Crippen molar-refractivity contribution in [3.63, 3.8) is 0 Å². The second-order valence-electron chi connectivity index (χ2n) is 9.32. The molecule has 0 amide bonds. The van der Waals surface area contributed by atoms with Crippen LogP contribution in [0.1, 0.15) is 0 Å². The Kier molecular flexibility index (Phi) is 6.64. The highest BCUT2D eigenvalue weighted by Crippen LogP contribution is 2.14. The molecule has 24 heavy (non-hydrogen) atoms. The second-order valence-corrected chi connectivity index (χ2v) is 26.6. The van der Waals surface area contributed by atoms with E-state index in [0.29, 0.717) is 0 Å². The Morgan fingerprint density at radius 3 is 0.417 bits per heavy atom. The van der Waals surface area contributed by atoms with Crippen LogP contribution in [0.5, 0.6) is 0 Å². The molecule has 0 spiro atoms. The lowest BCUT2D eigenvalue weighted by Crippen LogP contribution is -2.78. The SMILES string of the molecule is C[N+]1(C)[Si][N+](C)(C)[Si][N+](C)(C)[Si][N+](C)(C)[Si][N+](C)(C)[Si][N+](C)(C)[Si]1. The molecule has 0 aromatic heterocycles. The molecule has 0 bridgehead atoms. The van der Waals surface area contributed by atoms with Gasteiger partial charge >= 0.3 is 59.1 Å². The Balaban J connectivity index is 3.24. The van der Waals surface area contributed by atoms with Gasteiger partial charge in [-0.05, 0) is 0 Å². The standard InChI is InChI=1S/C12H36N6Si6/c1-13(2)19-14(3,4)21-16(7,8)23-18(11,12)24-17(9,10)22-15(5,6)20-13/h1-12H3/q+6. The molecule has 0 aliphatic carbocycles. The first-order valence-electron chi connectivity index (χ1n) is 8.05. The molecule has 1 heterocycles. The molecule has 0 saturated carbocycles. The molecule has 0 N–H and O–H groups in total. The van der Waals surface area contributed by atoms with Crippen molar-refractivity contribution in [2.75, 3.05) is 84.6 Å². The van der Waals surface area contributed by atoms with Gasteiger partial charge in [-0.15, -0.1) is 0 Å². The van der Waals surface area contributed by atoms with E-state index >= 15 is 0 Å². The van der Waals surface area contributed by atoms with Crippen molar-refractivity contribution < 1.29 is 22.9 Å². The van der Waals surface area contributed by atoms with E-state index in [1.807, 2.05) is 0 Å². The first kappa shape index (κ1) is 23.1. The predicted molar refractivity (Wildman–Crippen MR) is 107 cm³/mol. The van der Waals surface area contributed by atoms with E-state index in [4.69, 9.17) is 0 Å². The molecule has 1 aliphatic rings. The number of nitrogens with zero attached hydrogens (tertiary/aromatic N) is 6. The van der Waals surface area contributed by atoms with Crippen molar-refractivity contribution in [3.8, 4) is 0 Å². The van der Waals surface area contributed by atoms with Crippen LogP contribution in [0.3, 0.4) is 0 Å². The van der Waals surface area contributed by atoms with E-state index < -0.39 is 0 Å². The molecular formula is C12H36N6Si6+6. The summed E-state index contributed by atoms with van der Waals surface area (Å²) in [7, 11) is 34.6. The maximum atomic E-state index is 2.43. The van der Waals surface area contributed by atoms with Crippen molar-refractivity contribution in [1.82, 2.24) is 0 Å². The summed E-state index contributed by atoms with van der Waals surface area (Å²) in [6, 6.07) is 0. The molecule has 132 valence electrons. The smallest absolute Gasteiger partial charge is 0.332 e. The quantitative estimate of drug-likeness (QED) is 0.377. The van der Waals surface area contributed by atoms with Crippen molar-refractivity contribution in [1.29, 1.82) is 0 Å². The molecule has 1 saturated heterocycles. The predicted octanol–water partition coefficient (Wildman–Crippen LogP) is -2.34. The lowest BCUT2D eigenvalue weighted by Gasteiger charge is -2.41. The Bertz CT molecular complexity index is 332. The first-order valence-corrected chi connectivity index (χ1v) is 13.4. The normalized spacial score (nSPS) is 31.5. The number of rotatable bonds is 0. The fraction of sp³-hybridized carbons (Fsp3) is 1.00. The van der Waals surface area contributed by atoms with E-state index in [1.54, 1.807) is 0 Å². The van der Waals surface area contributed by atoms with Gasteiger partial charge in [0.1, 0.15) is 0 Å². The third-order valence-corrected chi connectivity index (χ3v) is 12.6. The summed E-state index contributed by atoms with van der Waals surface area (Å²) in [5.41, 5.74) is 0. The Hall–Kier alpha value is 1.06. The van der Waals surface area contributed by atoms with E-state index in [-0.39, 0.29) is 0 Å². The summed E-state index contributed by atoms with van der Waals surface area (Å²) >= 11 is 0. The molecule has 12 heteroatoms. The van der Waals surface area contributed by atoms with E-state index in [1.165, 1.54) is 0 Å². The van der Waals surface area contributed by atoms with Crippen LogP contribution in [-0.4, -0.2) is 167 Å². The van der Waals surface area contributed by atoms with Gasteiger partial charge in [0.2, 0.25) is 0 Å². The number of hydrogen-bond donors (Lipinski definition) is 0. The maximum absolute atomic E-state index is 2.43. The van der Waals surface area contributed by atoms with Crippen LogP contribution < -0.4 is 0 Å². The van der Waals surface area contributed by atoms with E-state index in [0.717, 1.165) is 81.9 Å². The molecule has 12 radical (unpaired) electrons. The summed E-state index contributed by atoms with van der Waals surface area (Å²) in [6.07, 6.45) is 0. The topological polar surface area (TPSA) is 0 Å². The van der Waals surface area contributed by atoms with Gasteiger partial charge in [0.05, 0.1) is 0 Å². The summed E-state index contributed by atoms with van der Waals surface area (Å²) in [5, 5.41) is 0. The molecule has 0 aromatic carbocycles. The van der Waals surface area contributed by atoms with Crippen LogP contribution >= 0.6 is 0 Å². The zero-order valence-electron chi connectivity index (χ0n) is 17.7. The number of hydrogen-bond acceptors (Lipinski definition) is 0. The van der Waals surface area contributed by atoms with Crippen molar-refractivity contribution in [2.24, 2.45) is 0 Å². The zero-order valence-corrected chi connectivity index (χ0v) is 23.7. The third kappa shape index (κ3) is 8.17. The average Bonchev–Trinajstić information content (AvgIpc) is 1.98. The molecule has 1 fully saturated rings. The Morgan fingerprint density at radius 1 is 0.250 bits per heavy atom. The van der Waals surface area contributed by atoms with Crippen LogP contribution in [0.2, 0.25) is 0 Å².